The zero-order chi connectivity index (χ0) is 19.2. The van der Waals surface area contributed by atoms with Crippen LogP contribution in [-0.2, 0) is 6.54 Å². The molecular formula is C19H29N7O. The van der Waals surface area contributed by atoms with E-state index in [4.69, 9.17) is 0 Å². The summed E-state index contributed by atoms with van der Waals surface area (Å²) in [5.74, 6) is 0.942. The van der Waals surface area contributed by atoms with Gasteiger partial charge >= 0.3 is 6.03 Å². The second-order valence-electron chi connectivity index (χ2n) is 7.24. The first-order valence-corrected chi connectivity index (χ1v) is 9.44. The van der Waals surface area contributed by atoms with Crippen molar-refractivity contribution in [1.82, 2.24) is 25.4 Å². The second kappa shape index (κ2) is 8.75. The van der Waals surface area contributed by atoms with Crippen molar-refractivity contribution in [1.29, 1.82) is 0 Å². The average molecular weight is 371 g/mol. The van der Waals surface area contributed by atoms with Crippen molar-refractivity contribution in [2.45, 2.75) is 38.8 Å². The topological polar surface area (TPSA) is 89.2 Å². The number of hydrogen-bond donors (Lipinski definition) is 3. The summed E-state index contributed by atoms with van der Waals surface area (Å²) >= 11 is 0. The zero-order valence-corrected chi connectivity index (χ0v) is 16.3. The lowest BCUT2D eigenvalue weighted by Gasteiger charge is -2.21. The molecule has 27 heavy (non-hydrogen) atoms. The number of aryl methyl sites for hydroxylation is 1. The Kier molecular flexibility index (Phi) is 6.16. The molecule has 0 aromatic carbocycles. The van der Waals surface area contributed by atoms with Crippen LogP contribution in [-0.4, -0.2) is 59.3 Å². The minimum absolute atomic E-state index is 0.00625. The van der Waals surface area contributed by atoms with E-state index in [0.29, 0.717) is 12.6 Å². The number of hydrogen-bond acceptors (Lipinski definition) is 5. The number of aromatic amines is 1. The Balaban J connectivity index is 1.48. The molecule has 146 valence electrons. The van der Waals surface area contributed by atoms with Gasteiger partial charge in [0, 0.05) is 51.0 Å². The van der Waals surface area contributed by atoms with Crippen LogP contribution in [0.15, 0.2) is 24.5 Å². The molecular weight excluding hydrogens is 342 g/mol. The molecule has 2 aromatic rings. The molecule has 1 fully saturated rings. The van der Waals surface area contributed by atoms with Crippen molar-refractivity contribution in [3.05, 3.63) is 35.8 Å². The molecule has 0 saturated carbocycles. The van der Waals surface area contributed by atoms with E-state index >= 15 is 0 Å². The molecule has 0 radical (unpaired) electrons. The molecule has 3 heterocycles. The molecule has 0 bridgehead atoms. The summed E-state index contributed by atoms with van der Waals surface area (Å²) in [6.45, 7) is 3.99. The molecule has 2 aromatic heterocycles. The Labute approximate surface area is 160 Å². The Hall–Kier alpha value is -2.77. The summed E-state index contributed by atoms with van der Waals surface area (Å²) in [4.78, 5) is 20.8. The predicted octanol–water partition coefficient (Wildman–Crippen LogP) is 2.36. The number of nitrogens with zero attached hydrogens (tertiary/aromatic N) is 4. The minimum atomic E-state index is -0.00625. The minimum Gasteiger partial charge on any atom is -0.381 e. The first-order chi connectivity index (χ1) is 13.0. The number of anilines is 2. The predicted molar refractivity (Wildman–Crippen MR) is 107 cm³/mol. The normalized spacial score (nSPS) is 17.3. The van der Waals surface area contributed by atoms with Gasteiger partial charge in [-0.05, 0) is 38.3 Å². The summed E-state index contributed by atoms with van der Waals surface area (Å²) in [5.41, 5.74) is 3.04. The smallest absolute Gasteiger partial charge is 0.317 e. The van der Waals surface area contributed by atoms with Crippen LogP contribution in [0.4, 0.5) is 16.3 Å². The molecule has 8 nitrogen and oxygen atoms in total. The van der Waals surface area contributed by atoms with E-state index in [-0.39, 0.29) is 6.03 Å². The summed E-state index contributed by atoms with van der Waals surface area (Å²) in [7, 11) is 3.96. The molecule has 1 atom stereocenters. The lowest BCUT2D eigenvalue weighted by atomic mass is 10.1. The number of nitrogens with one attached hydrogen (secondary N) is 3. The summed E-state index contributed by atoms with van der Waals surface area (Å²) in [6, 6.07) is 4.42. The van der Waals surface area contributed by atoms with Gasteiger partial charge in [0.05, 0.1) is 18.1 Å². The highest BCUT2D eigenvalue weighted by Crippen LogP contribution is 2.18. The quantitative estimate of drug-likeness (QED) is 0.751. The van der Waals surface area contributed by atoms with Crippen LogP contribution in [0.2, 0.25) is 0 Å². The molecule has 1 aliphatic heterocycles. The highest BCUT2D eigenvalue weighted by Gasteiger charge is 2.20. The summed E-state index contributed by atoms with van der Waals surface area (Å²) < 4.78 is 0. The van der Waals surface area contributed by atoms with Crippen molar-refractivity contribution < 1.29 is 4.79 Å². The van der Waals surface area contributed by atoms with E-state index in [1.807, 2.05) is 43.1 Å². The number of carbonyl (C=O) groups is 1. The van der Waals surface area contributed by atoms with E-state index < -0.39 is 0 Å². The van der Waals surface area contributed by atoms with Crippen LogP contribution in [0.5, 0.6) is 0 Å². The Morgan fingerprint density at radius 2 is 2.15 bits per heavy atom. The van der Waals surface area contributed by atoms with E-state index in [1.54, 1.807) is 6.20 Å². The van der Waals surface area contributed by atoms with Gasteiger partial charge in [-0.3, -0.25) is 5.10 Å². The Morgan fingerprint density at radius 3 is 2.81 bits per heavy atom. The molecule has 1 unspecified atom stereocenters. The van der Waals surface area contributed by atoms with Gasteiger partial charge in [0.25, 0.3) is 0 Å². The number of urea groups is 1. The highest BCUT2D eigenvalue weighted by molar-refractivity contribution is 5.74. The number of pyridine rings is 1. The maximum absolute atomic E-state index is 12.5. The van der Waals surface area contributed by atoms with Crippen molar-refractivity contribution >= 4 is 17.5 Å². The second-order valence-corrected chi connectivity index (χ2v) is 7.24. The SMILES string of the molecule is Cc1[nH]ncc1CNC(=O)N1CCCC(Nc2ccc(N(C)C)nc2)CC1. The highest BCUT2D eigenvalue weighted by atomic mass is 16.2. The van der Waals surface area contributed by atoms with Crippen LogP contribution in [0.25, 0.3) is 0 Å². The molecule has 3 rings (SSSR count). The molecule has 0 aliphatic carbocycles. The average Bonchev–Trinajstić information content (AvgIpc) is 2.92. The fraction of sp³-hybridized carbons (Fsp3) is 0.526. The maximum Gasteiger partial charge on any atom is 0.317 e. The molecule has 8 heteroatoms. The van der Waals surface area contributed by atoms with Crippen LogP contribution < -0.4 is 15.5 Å². The van der Waals surface area contributed by atoms with Gasteiger partial charge in [-0.25, -0.2) is 9.78 Å². The van der Waals surface area contributed by atoms with Crippen LogP contribution >= 0.6 is 0 Å². The number of H-pyrrole nitrogens is 1. The number of amides is 2. The fourth-order valence-corrected chi connectivity index (χ4v) is 3.25. The number of aromatic nitrogens is 3. The molecule has 1 saturated heterocycles. The maximum atomic E-state index is 12.5. The van der Waals surface area contributed by atoms with E-state index in [0.717, 1.165) is 55.1 Å². The molecule has 1 aliphatic rings. The third-order valence-corrected chi connectivity index (χ3v) is 4.96. The van der Waals surface area contributed by atoms with E-state index in [2.05, 4.69) is 31.9 Å². The standard InChI is InChI=1S/C19H29N7O/c1-14-15(12-22-24-14)11-21-19(27)26-9-4-5-16(8-10-26)23-17-6-7-18(20-13-17)25(2)3/h6-7,12-13,16,23H,4-5,8-11H2,1-3H3,(H,21,27)(H,22,24). The Bertz CT molecular complexity index is 741. The van der Waals surface area contributed by atoms with Crippen LogP contribution in [0, 0.1) is 6.92 Å². The lowest BCUT2D eigenvalue weighted by Crippen LogP contribution is -2.40. The fourth-order valence-electron chi connectivity index (χ4n) is 3.25. The van der Waals surface area contributed by atoms with Crippen molar-refractivity contribution in [3.63, 3.8) is 0 Å². The van der Waals surface area contributed by atoms with E-state index in [9.17, 15) is 4.79 Å². The zero-order valence-electron chi connectivity index (χ0n) is 16.3. The van der Waals surface area contributed by atoms with Gasteiger partial charge in [-0.1, -0.05) is 0 Å². The van der Waals surface area contributed by atoms with Gasteiger partial charge in [-0.2, -0.15) is 5.10 Å². The van der Waals surface area contributed by atoms with Gasteiger partial charge in [-0.15, -0.1) is 0 Å². The van der Waals surface area contributed by atoms with E-state index in [1.165, 1.54) is 0 Å². The van der Waals surface area contributed by atoms with Gasteiger partial charge in [0.2, 0.25) is 0 Å². The number of rotatable bonds is 5. The van der Waals surface area contributed by atoms with Crippen molar-refractivity contribution in [2.24, 2.45) is 0 Å². The van der Waals surface area contributed by atoms with Crippen molar-refractivity contribution in [3.8, 4) is 0 Å². The monoisotopic (exact) mass is 371 g/mol. The molecule has 2 amide bonds. The van der Waals surface area contributed by atoms with Gasteiger partial charge < -0.3 is 20.4 Å². The summed E-state index contributed by atoms with van der Waals surface area (Å²) in [6.07, 6.45) is 6.58. The van der Waals surface area contributed by atoms with Crippen LogP contribution in [0.1, 0.15) is 30.5 Å². The third-order valence-electron chi connectivity index (χ3n) is 4.96. The molecule has 3 N–H and O–H groups in total. The first-order valence-electron chi connectivity index (χ1n) is 9.44. The van der Waals surface area contributed by atoms with Gasteiger partial charge in [0.1, 0.15) is 5.82 Å². The largest absolute Gasteiger partial charge is 0.381 e. The first kappa shape index (κ1) is 19.0. The lowest BCUT2D eigenvalue weighted by molar-refractivity contribution is 0.199. The van der Waals surface area contributed by atoms with Crippen LogP contribution in [0.3, 0.4) is 0 Å². The summed E-state index contributed by atoms with van der Waals surface area (Å²) in [5, 5.41) is 13.4. The third kappa shape index (κ3) is 5.12. The number of carbonyl (C=O) groups excluding carboxylic acids is 1. The Morgan fingerprint density at radius 1 is 1.30 bits per heavy atom. The molecule has 0 spiro atoms. The number of likely N-dealkylation sites (tertiary alicyclic amines) is 1. The van der Waals surface area contributed by atoms with Crippen molar-refractivity contribution in [2.75, 3.05) is 37.4 Å². The van der Waals surface area contributed by atoms with Gasteiger partial charge in [0.15, 0.2) is 0 Å².